The lowest BCUT2D eigenvalue weighted by Gasteiger charge is -2.06. The molecular weight excluding hydrogens is 217 g/mol. The molecular formula is C11H11ClFNO. The van der Waals surface area contributed by atoms with Gasteiger partial charge in [0.1, 0.15) is 11.7 Å². The van der Waals surface area contributed by atoms with Crippen LogP contribution in [0.15, 0.2) is 18.2 Å². The van der Waals surface area contributed by atoms with Gasteiger partial charge in [0.25, 0.3) is 0 Å². The molecule has 0 bridgehead atoms. The molecule has 0 aromatic heterocycles. The second kappa shape index (κ2) is 4.19. The third kappa shape index (κ3) is 2.48. The van der Waals surface area contributed by atoms with Crippen LogP contribution < -0.4 is 5.32 Å². The van der Waals surface area contributed by atoms with E-state index in [4.69, 9.17) is 11.6 Å². The Labute approximate surface area is 92.4 Å². The van der Waals surface area contributed by atoms with Crippen LogP contribution in [0.3, 0.4) is 0 Å². The molecule has 1 N–H and O–H groups in total. The summed E-state index contributed by atoms with van der Waals surface area (Å²) in [6, 6.07) is 4.63. The van der Waals surface area contributed by atoms with Crippen LogP contribution in [0.2, 0.25) is 0 Å². The van der Waals surface area contributed by atoms with E-state index in [1.54, 1.807) is 12.1 Å². The molecule has 4 heteroatoms. The van der Waals surface area contributed by atoms with Gasteiger partial charge in [0.2, 0.25) is 5.91 Å². The van der Waals surface area contributed by atoms with Crippen molar-refractivity contribution < 1.29 is 9.18 Å². The van der Waals surface area contributed by atoms with E-state index in [9.17, 15) is 9.18 Å². The van der Waals surface area contributed by atoms with Crippen molar-refractivity contribution in [1.82, 2.24) is 0 Å². The number of carbonyl (C=O) groups is 1. The zero-order chi connectivity index (χ0) is 10.8. The summed E-state index contributed by atoms with van der Waals surface area (Å²) < 4.78 is 13.3. The van der Waals surface area contributed by atoms with E-state index in [0.29, 0.717) is 17.2 Å². The van der Waals surface area contributed by atoms with Crippen molar-refractivity contribution in [1.29, 1.82) is 0 Å². The fourth-order valence-electron chi connectivity index (χ4n) is 1.52. The maximum absolute atomic E-state index is 13.3. The fraction of sp³-hybridized carbons (Fsp3) is 0.364. The lowest BCUT2D eigenvalue weighted by atomic mass is 10.1. The minimum Gasteiger partial charge on any atom is -0.325 e. The Morgan fingerprint density at radius 1 is 1.53 bits per heavy atom. The first-order valence-corrected chi connectivity index (χ1v) is 5.39. The molecule has 0 heterocycles. The number of amides is 1. The summed E-state index contributed by atoms with van der Waals surface area (Å²) in [7, 11) is 0. The number of benzene rings is 1. The number of hydrogen-bond donors (Lipinski definition) is 1. The van der Waals surface area contributed by atoms with Crippen LogP contribution in [0.5, 0.6) is 0 Å². The van der Waals surface area contributed by atoms with E-state index in [1.807, 2.05) is 0 Å². The average molecular weight is 228 g/mol. The molecule has 0 radical (unpaired) electrons. The molecule has 0 atom stereocenters. The first-order valence-electron chi connectivity index (χ1n) is 4.86. The number of hydrogen-bond acceptors (Lipinski definition) is 1. The topological polar surface area (TPSA) is 29.1 Å². The van der Waals surface area contributed by atoms with Gasteiger partial charge in [-0.15, -0.1) is 11.6 Å². The Kier molecular flexibility index (Phi) is 2.91. The fourth-order valence-corrected chi connectivity index (χ4v) is 1.59. The van der Waals surface area contributed by atoms with E-state index in [1.165, 1.54) is 6.07 Å². The van der Waals surface area contributed by atoms with Crippen LogP contribution in [-0.4, -0.2) is 11.8 Å². The highest BCUT2D eigenvalue weighted by Crippen LogP contribution is 2.41. The third-order valence-electron chi connectivity index (χ3n) is 2.42. The molecule has 1 aromatic carbocycles. The molecule has 1 fully saturated rings. The number of nitrogens with one attached hydrogen (secondary N) is 1. The standard InChI is InChI=1S/C11H11ClFNO/c12-6-11(15)14-8-3-4-10(13)9(5-8)7-1-2-7/h3-5,7H,1-2,6H2,(H,14,15). The van der Waals surface area contributed by atoms with Gasteiger partial charge in [-0.25, -0.2) is 4.39 Å². The minimum atomic E-state index is -0.273. The van der Waals surface area contributed by atoms with Crippen LogP contribution >= 0.6 is 11.6 Å². The first kappa shape index (κ1) is 10.4. The Bertz CT molecular complexity index is 390. The molecule has 1 aliphatic carbocycles. The lowest BCUT2D eigenvalue weighted by molar-refractivity contribution is -0.113. The molecule has 2 nitrogen and oxygen atoms in total. The van der Waals surface area contributed by atoms with E-state index >= 15 is 0 Å². The van der Waals surface area contributed by atoms with Gasteiger partial charge in [0, 0.05) is 5.69 Å². The van der Waals surface area contributed by atoms with Gasteiger partial charge in [-0.3, -0.25) is 4.79 Å². The summed E-state index contributed by atoms with van der Waals surface area (Å²) in [4.78, 5) is 11.0. The van der Waals surface area contributed by atoms with Gasteiger partial charge >= 0.3 is 0 Å². The smallest absolute Gasteiger partial charge is 0.239 e. The van der Waals surface area contributed by atoms with Crippen molar-refractivity contribution in [2.24, 2.45) is 0 Å². The molecule has 1 saturated carbocycles. The Hall–Kier alpha value is -1.09. The summed E-state index contributed by atoms with van der Waals surface area (Å²) >= 11 is 5.36. The normalized spacial score (nSPS) is 15.1. The number of alkyl halides is 1. The zero-order valence-electron chi connectivity index (χ0n) is 8.09. The van der Waals surface area contributed by atoms with Crippen molar-refractivity contribution in [2.45, 2.75) is 18.8 Å². The first-order chi connectivity index (χ1) is 7.20. The molecule has 1 amide bonds. The maximum atomic E-state index is 13.3. The zero-order valence-corrected chi connectivity index (χ0v) is 8.85. The van der Waals surface area contributed by atoms with Crippen molar-refractivity contribution in [2.75, 3.05) is 11.2 Å². The second-order valence-corrected chi connectivity index (χ2v) is 3.96. The van der Waals surface area contributed by atoms with Crippen LogP contribution in [-0.2, 0) is 4.79 Å². The van der Waals surface area contributed by atoms with Crippen molar-refractivity contribution in [3.8, 4) is 0 Å². The average Bonchev–Trinajstić information content (AvgIpc) is 3.04. The summed E-state index contributed by atoms with van der Waals surface area (Å²) in [5, 5.41) is 2.60. The number of rotatable bonds is 3. The molecule has 0 aliphatic heterocycles. The van der Waals surface area contributed by atoms with Gasteiger partial charge in [-0.2, -0.15) is 0 Å². The van der Waals surface area contributed by atoms with E-state index < -0.39 is 0 Å². The number of halogens is 2. The molecule has 80 valence electrons. The second-order valence-electron chi connectivity index (χ2n) is 3.69. The van der Waals surface area contributed by atoms with Crippen LogP contribution in [0.25, 0.3) is 0 Å². The Morgan fingerprint density at radius 3 is 2.87 bits per heavy atom. The monoisotopic (exact) mass is 227 g/mol. The van der Waals surface area contributed by atoms with Crippen molar-refractivity contribution in [3.63, 3.8) is 0 Å². The highest BCUT2D eigenvalue weighted by atomic mass is 35.5. The number of carbonyl (C=O) groups excluding carboxylic acids is 1. The number of anilines is 1. The Balaban J connectivity index is 2.18. The summed E-state index contributed by atoms with van der Waals surface area (Å²) in [5.74, 6) is -0.222. The van der Waals surface area contributed by atoms with E-state index in [2.05, 4.69) is 5.32 Å². The minimum absolute atomic E-state index is 0.0872. The quantitative estimate of drug-likeness (QED) is 0.791. The van der Waals surface area contributed by atoms with Gasteiger partial charge in [0.15, 0.2) is 0 Å². The van der Waals surface area contributed by atoms with Gasteiger partial charge in [0.05, 0.1) is 0 Å². The SMILES string of the molecule is O=C(CCl)Nc1ccc(F)c(C2CC2)c1. The summed E-state index contributed by atoms with van der Waals surface area (Å²) in [6.07, 6.45) is 2.06. The predicted molar refractivity (Wildman–Crippen MR) is 57.7 cm³/mol. The molecule has 2 rings (SSSR count). The molecule has 0 saturated heterocycles. The van der Waals surface area contributed by atoms with Gasteiger partial charge in [-0.1, -0.05) is 0 Å². The summed E-state index contributed by atoms with van der Waals surface area (Å²) in [6.45, 7) is 0. The van der Waals surface area contributed by atoms with Gasteiger partial charge in [-0.05, 0) is 42.5 Å². The van der Waals surface area contributed by atoms with Gasteiger partial charge < -0.3 is 5.32 Å². The predicted octanol–water partition coefficient (Wildman–Crippen LogP) is 2.88. The van der Waals surface area contributed by atoms with Crippen LogP contribution in [0.4, 0.5) is 10.1 Å². The Morgan fingerprint density at radius 2 is 2.27 bits per heavy atom. The molecule has 1 aromatic rings. The molecule has 1 aliphatic rings. The maximum Gasteiger partial charge on any atom is 0.239 e. The summed E-state index contributed by atoms with van der Waals surface area (Å²) in [5.41, 5.74) is 1.31. The highest BCUT2D eigenvalue weighted by Gasteiger charge is 2.26. The van der Waals surface area contributed by atoms with E-state index in [0.717, 1.165) is 12.8 Å². The van der Waals surface area contributed by atoms with E-state index in [-0.39, 0.29) is 17.6 Å². The molecule has 0 spiro atoms. The lowest BCUT2D eigenvalue weighted by Crippen LogP contribution is -2.12. The largest absolute Gasteiger partial charge is 0.325 e. The highest BCUT2D eigenvalue weighted by molar-refractivity contribution is 6.29. The molecule has 15 heavy (non-hydrogen) atoms. The molecule has 0 unspecified atom stereocenters. The van der Waals surface area contributed by atoms with Crippen LogP contribution in [0.1, 0.15) is 24.3 Å². The van der Waals surface area contributed by atoms with Crippen molar-refractivity contribution >= 4 is 23.2 Å². The van der Waals surface area contributed by atoms with Crippen LogP contribution in [0, 0.1) is 5.82 Å². The third-order valence-corrected chi connectivity index (χ3v) is 2.66. The van der Waals surface area contributed by atoms with Crippen molar-refractivity contribution in [3.05, 3.63) is 29.6 Å².